The van der Waals surface area contributed by atoms with Crippen LogP contribution >= 0.6 is 11.6 Å². The number of ether oxygens (including phenoxy) is 2. The standard InChI is InChI=1S/C10H7ClO4.C9H8O5S/c1-2-8(12)15-7-5-3-4-6(9(7)11)10(13)14;1-2-9(10)14-7-5-3-4-6-8(7)15(11,12)13/h2-5H,1H2,(H,13,14);2-6H,1H2,(H,11,12,13). The molecule has 0 aromatic heterocycles. The van der Waals surface area contributed by atoms with Crippen molar-refractivity contribution in [2.24, 2.45) is 0 Å². The topological polar surface area (TPSA) is 144 Å². The Kier molecular flexibility index (Phi) is 8.93. The molecule has 2 rings (SSSR count). The molecule has 0 bridgehead atoms. The number of esters is 2. The molecule has 9 nitrogen and oxygen atoms in total. The molecule has 0 aliphatic carbocycles. The second kappa shape index (κ2) is 10.9. The molecule has 0 unspecified atom stereocenters. The molecule has 0 radical (unpaired) electrons. The molecule has 0 atom stereocenters. The zero-order valence-electron chi connectivity index (χ0n) is 15.1. The smallest absolute Gasteiger partial charge is 0.337 e. The van der Waals surface area contributed by atoms with E-state index in [0.717, 1.165) is 18.2 Å². The summed E-state index contributed by atoms with van der Waals surface area (Å²) in [5, 5.41) is 8.63. The van der Waals surface area contributed by atoms with Crippen molar-refractivity contribution in [2.75, 3.05) is 0 Å². The molecular formula is C19H15ClO9S. The molecular weight excluding hydrogens is 440 g/mol. The number of para-hydroxylation sites is 1. The van der Waals surface area contributed by atoms with Gasteiger partial charge in [-0.2, -0.15) is 8.42 Å². The Morgan fingerprint density at radius 2 is 1.40 bits per heavy atom. The van der Waals surface area contributed by atoms with Crippen LogP contribution in [0.25, 0.3) is 0 Å². The van der Waals surface area contributed by atoms with Gasteiger partial charge in [0.25, 0.3) is 10.1 Å². The zero-order valence-corrected chi connectivity index (χ0v) is 16.7. The average molecular weight is 455 g/mol. The molecule has 0 fully saturated rings. The molecule has 0 aliphatic heterocycles. The molecule has 30 heavy (non-hydrogen) atoms. The zero-order chi connectivity index (χ0) is 22.9. The number of hydrogen-bond donors (Lipinski definition) is 2. The lowest BCUT2D eigenvalue weighted by molar-refractivity contribution is -0.129. The third kappa shape index (κ3) is 7.17. The first-order chi connectivity index (χ1) is 14.0. The summed E-state index contributed by atoms with van der Waals surface area (Å²) < 4.78 is 39.9. The monoisotopic (exact) mass is 454 g/mol. The van der Waals surface area contributed by atoms with Crippen LogP contribution in [0.4, 0.5) is 0 Å². The Morgan fingerprint density at radius 1 is 0.900 bits per heavy atom. The first-order valence-electron chi connectivity index (χ1n) is 7.78. The van der Waals surface area contributed by atoms with Gasteiger partial charge in [-0.3, -0.25) is 4.55 Å². The van der Waals surface area contributed by atoms with Gasteiger partial charge in [0.1, 0.15) is 4.90 Å². The van der Waals surface area contributed by atoms with Crippen LogP contribution in [0.5, 0.6) is 11.5 Å². The van der Waals surface area contributed by atoms with Crippen molar-refractivity contribution < 1.29 is 41.9 Å². The summed E-state index contributed by atoms with van der Waals surface area (Å²) in [6.45, 7) is 6.37. The number of carboxylic acid groups (broad SMARTS) is 1. The minimum Gasteiger partial charge on any atom is -0.478 e. The molecule has 0 amide bonds. The second-order valence-corrected chi connectivity index (χ2v) is 6.86. The van der Waals surface area contributed by atoms with E-state index >= 15 is 0 Å². The van der Waals surface area contributed by atoms with Crippen molar-refractivity contribution in [3.63, 3.8) is 0 Å². The molecule has 11 heteroatoms. The predicted molar refractivity (Wildman–Crippen MR) is 106 cm³/mol. The summed E-state index contributed by atoms with van der Waals surface area (Å²) in [6.07, 6.45) is 1.85. The molecule has 2 aromatic rings. The first kappa shape index (κ1) is 24.6. The second-order valence-electron chi connectivity index (χ2n) is 5.10. The van der Waals surface area contributed by atoms with E-state index in [4.69, 9.17) is 26.0 Å². The Bertz CT molecular complexity index is 1090. The van der Waals surface area contributed by atoms with Crippen molar-refractivity contribution in [2.45, 2.75) is 4.90 Å². The number of benzene rings is 2. The summed E-state index contributed by atoms with van der Waals surface area (Å²) in [5.74, 6) is -2.91. The van der Waals surface area contributed by atoms with Crippen molar-refractivity contribution >= 4 is 39.6 Å². The van der Waals surface area contributed by atoms with E-state index in [1.807, 2.05) is 0 Å². The Balaban J connectivity index is 0.000000300. The Hall–Kier alpha value is -3.47. The van der Waals surface area contributed by atoms with Gasteiger partial charge in [0.2, 0.25) is 0 Å². The summed E-state index contributed by atoms with van der Waals surface area (Å²) in [4.78, 5) is 31.9. The van der Waals surface area contributed by atoms with Gasteiger partial charge in [0, 0.05) is 12.2 Å². The van der Waals surface area contributed by atoms with Gasteiger partial charge in [0.15, 0.2) is 11.5 Å². The minimum absolute atomic E-state index is 0.00136. The average Bonchev–Trinajstić information content (AvgIpc) is 2.69. The van der Waals surface area contributed by atoms with Crippen LogP contribution in [0.2, 0.25) is 5.02 Å². The highest BCUT2D eigenvalue weighted by molar-refractivity contribution is 7.86. The van der Waals surface area contributed by atoms with Crippen LogP contribution < -0.4 is 9.47 Å². The number of halogens is 1. The first-order valence-corrected chi connectivity index (χ1v) is 9.59. The van der Waals surface area contributed by atoms with E-state index in [1.54, 1.807) is 0 Å². The van der Waals surface area contributed by atoms with Crippen LogP contribution in [-0.4, -0.2) is 36.0 Å². The van der Waals surface area contributed by atoms with E-state index in [1.165, 1.54) is 36.4 Å². The number of aromatic carboxylic acids is 1. The predicted octanol–water partition coefficient (Wildman–Crippen LogP) is 3.15. The Labute approximate surface area is 176 Å². The van der Waals surface area contributed by atoms with Crippen LogP contribution in [0.15, 0.2) is 72.7 Å². The fraction of sp³-hybridized carbons (Fsp3) is 0. The van der Waals surface area contributed by atoms with Crippen LogP contribution in [0, 0.1) is 0 Å². The third-order valence-corrected chi connectivity index (χ3v) is 4.36. The molecule has 0 saturated heterocycles. The molecule has 2 N–H and O–H groups in total. The fourth-order valence-electron chi connectivity index (χ4n) is 1.80. The molecule has 2 aromatic carbocycles. The molecule has 0 heterocycles. The van der Waals surface area contributed by atoms with E-state index in [2.05, 4.69) is 17.9 Å². The van der Waals surface area contributed by atoms with E-state index in [0.29, 0.717) is 0 Å². The van der Waals surface area contributed by atoms with Crippen molar-refractivity contribution in [3.05, 3.63) is 78.4 Å². The highest BCUT2D eigenvalue weighted by atomic mass is 35.5. The molecule has 0 spiro atoms. The highest BCUT2D eigenvalue weighted by Crippen LogP contribution is 2.28. The number of carbonyl (C=O) groups excluding carboxylic acids is 2. The van der Waals surface area contributed by atoms with Gasteiger partial charge in [-0.25, -0.2) is 14.4 Å². The largest absolute Gasteiger partial charge is 0.478 e. The van der Waals surface area contributed by atoms with Crippen LogP contribution in [0.1, 0.15) is 10.4 Å². The van der Waals surface area contributed by atoms with Gasteiger partial charge < -0.3 is 14.6 Å². The van der Waals surface area contributed by atoms with Crippen molar-refractivity contribution in [1.29, 1.82) is 0 Å². The van der Waals surface area contributed by atoms with Gasteiger partial charge >= 0.3 is 17.9 Å². The lowest BCUT2D eigenvalue weighted by Crippen LogP contribution is -2.08. The quantitative estimate of drug-likeness (QED) is 0.291. The maximum absolute atomic E-state index is 10.9. The number of hydrogen-bond acceptors (Lipinski definition) is 7. The molecule has 0 aliphatic rings. The summed E-state index contributed by atoms with van der Waals surface area (Å²) >= 11 is 5.71. The SMILES string of the molecule is C=CC(=O)Oc1cccc(C(=O)O)c1Cl.C=CC(=O)Oc1ccccc1S(=O)(=O)O. The summed E-state index contributed by atoms with van der Waals surface area (Å²) in [6, 6.07) is 9.40. The molecule has 0 saturated carbocycles. The lowest BCUT2D eigenvalue weighted by atomic mass is 10.2. The van der Waals surface area contributed by atoms with Gasteiger partial charge in [0.05, 0.1) is 10.6 Å². The Morgan fingerprint density at radius 3 is 1.90 bits per heavy atom. The molecule has 158 valence electrons. The van der Waals surface area contributed by atoms with E-state index in [-0.39, 0.29) is 22.1 Å². The van der Waals surface area contributed by atoms with Gasteiger partial charge in [-0.05, 0) is 24.3 Å². The number of rotatable bonds is 6. The van der Waals surface area contributed by atoms with Gasteiger partial charge in [-0.15, -0.1) is 0 Å². The normalized spacial score (nSPS) is 10.1. The minimum atomic E-state index is -4.40. The summed E-state index contributed by atoms with van der Waals surface area (Å²) in [7, 11) is -4.40. The number of carboxylic acids is 1. The maximum atomic E-state index is 10.9. The highest BCUT2D eigenvalue weighted by Gasteiger charge is 2.17. The van der Waals surface area contributed by atoms with Crippen LogP contribution in [-0.2, 0) is 19.7 Å². The third-order valence-electron chi connectivity index (χ3n) is 3.08. The van der Waals surface area contributed by atoms with Crippen molar-refractivity contribution in [1.82, 2.24) is 0 Å². The fourth-order valence-corrected chi connectivity index (χ4v) is 2.66. The van der Waals surface area contributed by atoms with E-state index in [9.17, 15) is 22.8 Å². The lowest BCUT2D eigenvalue weighted by Gasteiger charge is -2.05. The summed E-state index contributed by atoms with van der Waals surface area (Å²) in [5.41, 5.74) is -0.119. The van der Waals surface area contributed by atoms with Crippen molar-refractivity contribution in [3.8, 4) is 11.5 Å². The van der Waals surface area contributed by atoms with E-state index < -0.39 is 32.9 Å². The van der Waals surface area contributed by atoms with Crippen LogP contribution in [0.3, 0.4) is 0 Å². The maximum Gasteiger partial charge on any atom is 0.337 e. The van der Waals surface area contributed by atoms with Gasteiger partial charge in [-0.1, -0.05) is 43.0 Å². The number of carbonyl (C=O) groups is 3.